The molecule has 1 aliphatic carbocycles. The number of halogens is 2. The summed E-state index contributed by atoms with van der Waals surface area (Å²) in [5, 5.41) is 3.17. The molecule has 1 aromatic heterocycles. The van der Waals surface area contributed by atoms with Gasteiger partial charge in [-0.05, 0) is 47.3 Å². The standard InChI is InChI=1S/C10H13BrFNO/c11-10-5-4-7(14-10)6-13-9-3-1-2-8(9)12/h4-5,8-9,13H,1-3,6H2/t8-,9+/m0/s1. The number of nitrogens with one attached hydrogen (secondary N) is 1. The first-order valence-electron chi connectivity index (χ1n) is 4.87. The summed E-state index contributed by atoms with van der Waals surface area (Å²) in [7, 11) is 0. The van der Waals surface area contributed by atoms with Crippen molar-refractivity contribution in [2.75, 3.05) is 0 Å². The van der Waals surface area contributed by atoms with Gasteiger partial charge in [-0.3, -0.25) is 0 Å². The van der Waals surface area contributed by atoms with Gasteiger partial charge in [0.1, 0.15) is 11.9 Å². The van der Waals surface area contributed by atoms with Crippen molar-refractivity contribution in [1.82, 2.24) is 5.32 Å². The van der Waals surface area contributed by atoms with Gasteiger partial charge in [-0.2, -0.15) is 0 Å². The van der Waals surface area contributed by atoms with Crippen LogP contribution in [0.2, 0.25) is 0 Å². The highest BCUT2D eigenvalue weighted by atomic mass is 79.9. The molecule has 14 heavy (non-hydrogen) atoms. The summed E-state index contributed by atoms with van der Waals surface area (Å²) in [6, 6.07) is 3.75. The van der Waals surface area contributed by atoms with Crippen molar-refractivity contribution < 1.29 is 8.81 Å². The number of rotatable bonds is 3. The first kappa shape index (κ1) is 10.2. The molecule has 2 atom stereocenters. The normalized spacial score (nSPS) is 27.0. The summed E-state index contributed by atoms with van der Waals surface area (Å²) < 4.78 is 19.2. The molecule has 0 spiro atoms. The number of hydrogen-bond donors (Lipinski definition) is 1. The fourth-order valence-corrected chi connectivity index (χ4v) is 2.16. The molecule has 0 aromatic carbocycles. The lowest BCUT2D eigenvalue weighted by Gasteiger charge is -2.13. The number of hydrogen-bond acceptors (Lipinski definition) is 2. The van der Waals surface area contributed by atoms with Gasteiger partial charge in [0.15, 0.2) is 4.67 Å². The van der Waals surface area contributed by atoms with Gasteiger partial charge in [0.25, 0.3) is 0 Å². The molecule has 0 bridgehead atoms. The van der Waals surface area contributed by atoms with E-state index in [1.807, 2.05) is 12.1 Å². The molecule has 0 radical (unpaired) electrons. The third kappa shape index (κ3) is 2.36. The molecular formula is C10H13BrFNO. The second kappa shape index (κ2) is 4.45. The average molecular weight is 262 g/mol. The van der Waals surface area contributed by atoms with E-state index in [-0.39, 0.29) is 6.04 Å². The summed E-state index contributed by atoms with van der Waals surface area (Å²) >= 11 is 3.23. The minimum atomic E-state index is -0.687. The van der Waals surface area contributed by atoms with Crippen molar-refractivity contribution in [1.29, 1.82) is 0 Å². The molecule has 1 heterocycles. The fraction of sp³-hybridized carbons (Fsp3) is 0.600. The molecule has 1 aromatic rings. The molecule has 0 unspecified atom stereocenters. The zero-order chi connectivity index (χ0) is 9.97. The van der Waals surface area contributed by atoms with Crippen molar-refractivity contribution in [3.05, 3.63) is 22.6 Å². The Morgan fingerprint density at radius 2 is 2.36 bits per heavy atom. The molecule has 1 N–H and O–H groups in total. The fourth-order valence-electron chi connectivity index (χ4n) is 1.82. The molecule has 0 amide bonds. The highest BCUT2D eigenvalue weighted by molar-refractivity contribution is 9.10. The number of alkyl halides is 1. The monoisotopic (exact) mass is 261 g/mol. The summed E-state index contributed by atoms with van der Waals surface area (Å²) in [6.45, 7) is 0.608. The molecule has 4 heteroatoms. The van der Waals surface area contributed by atoms with Crippen LogP contribution in [0.25, 0.3) is 0 Å². The first-order chi connectivity index (χ1) is 6.75. The lowest BCUT2D eigenvalue weighted by Crippen LogP contribution is -2.32. The maximum atomic E-state index is 13.2. The molecule has 1 aliphatic rings. The van der Waals surface area contributed by atoms with E-state index < -0.39 is 6.17 Å². The Hall–Kier alpha value is -0.350. The third-order valence-electron chi connectivity index (χ3n) is 2.60. The van der Waals surface area contributed by atoms with Gasteiger partial charge in [0.2, 0.25) is 0 Å². The van der Waals surface area contributed by atoms with E-state index >= 15 is 0 Å². The minimum absolute atomic E-state index is 0.0128. The number of furan rings is 1. The maximum Gasteiger partial charge on any atom is 0.169 e. The van der Waals surface area contributed by atoms with E-state index in [9.17, 15) is 4.39 Å². The van der Waals surface area contributed by atoms with Crippen molar-refractivity contribution in [2.45, 2.75) is 38.0 Å². The van der Waals surface area contributed by atoms with Crippen LogP contribution in [0, 0.1) is 0 Å². The van der Waals surface area contributed by atoms with Crippen LogP contribution in [-0.2, 0) is 6.54 Å². The quantitative estimate of drug-likeness (QED) is 0.905. The molecule has 1 saturated carbocycles. The molecule has 78 valence electrons. The second-order valence-corrected chi connectivity index (χ2v) is 4.42. The highest BCUT2D eigenvalue weighted by Gasteiger charge is 2.26. The van der Waals surface area contributed by atoms with E-state index in [2.05, 4.69) is 21.2 Å². The van der Waals surface area contributed by atoms with Crippen LogP contribution >= 0.6 is 15.9 Å². The Kier molecular flexibility index (Phi) is 3.23. The van der Waals surface area contributed by atoms with Crippen LogP contribution in [0.15, 0.2) is 21.2 Å². The van der Waals surface area contributed by atoms with E-state index in [0.717, 1.165) is 23.3 Å². The predicted molar refractivity (Wildman–Crippen MR) is 55.8 cm³/mol. The average Bonchev–Trinajstić information content (AvgIpc) is 2.72. The Morgan fingerprint density at radius 1 is 1.50 bits per heavy atom. The highest BCUT2D eigenvalue weighted by Crippen LogP contribution is 2.22. The van der Waals surface area contributed by atoms with Crippen LogP contribution < -0.4 is 5.32 Å². The Morgan fingerprint density at radius 3 is 2.93 bits per heavy atom. The van der Waals surface area contributed by atoms with Gasteiger partial charge in [-0.15, -0.1) is 0 Å². The van der Waals surface area contributed by atoms with Crippen LogP contribution in [0.3, 0.4) is 0 Å². The summed E-state index contributed by atoms with van der Waals surface area (Å²) in [5.74, 6) is 0.843. The summed E-state index contributed by atoms with van der Waals surface area (Å²) in [6.07, 6.45) is 1.93. The Bertz CT molecular complexity index is 302. The van der Waals surface area contributed by atoms with Gasteiger partial charge in [-0.1, -0.05) is 0 Å². The molecule has 2 rings (SSSR count). The van der Waals surface area contributed by atoms with Crippen LogP contribution in [0.5, 0.6) is 0 Å². The van der Waals surface area contributed by atoms with Crippen molar-refractivity contribution in [2.24, 2.45) is 0 Å². The van der Waals surface area contributed by atoms with E-state index in [1.165, 1.54) is 0 Å². The first-order valence-corrected chi connectivity index (χ1v) is 5.66. The summed E-state index contributed by atoms with van der Waals surface area (Å²) in [4.78, 5) is 0. The van der Waals surface area contributed by atoms with Gasteiger partial charge in [0, 0.05) is 6.04 Å². The Balaban J connectivity index is 1.82. The molecular weight excluding hydrogens is 249 g/mol. The maximum absolute atomic E-state index is 13.2. The lowest BCUT2D eigenvalue weighted by atomic mass is 10.2. The topological polar surface area (TPSA) is 25.2 Å². The van der Waals surface area contributed by atoms with E-state index in [4.69, 9.17) is 4.42 Å². The van der Waals surface area contributed by atoms with Crippen molar-refractivity contribution in [3.63, 3.8) is 0 Å². The zero-order valence-electron chi connectivity index (χ0n) is 7.80. The smallest absolute Gasteiger partial charge is 0.169 e. The molecule has 1 fully saturated rings. The van der Waals surface area contributed by atoms with Crippen LogP contribution in [0.4, 0.5) is 4.39 Å². The second-order valence-electron chi connectivity index (χ2n) is 3.64. The van der Waals surface area contributed by atoms with Gasteiger partial charge < -0.3 is 9.73 Å². The largest absolute Gasteiger partial charge is 0.453 e. The molecule has 2 nitrogen and oxygen atoms in total. The van der Waals surface area contributed by atoms with Gasteiger partial charge in [-0.25, -0.2) is 4.39 Å². The Labute approximate surface area is 91.0 Å². The van der Waals surface area contributed by atoms with E-state index in [1.54, 1.807) is 0 Å². The SMILES string of the molecule is F[C@H]1CCC[C@H]1NCc1ccc(Br)o1. The van der Waals surface area contributed by atoms with Gasteiger partial charge >= 0.3 is 0 Å². The van der Waals surface area contributed by atoms with Crippen molar-refractivity contribution in [3.8, 4) is 0 Å². The summed E-state index contributed by atoms with van der Waals surface area (Å²) in [5.41, 5.74) is 0. The van der Waals surface area contributed by atoms with Gasteiger partial charge in [0.05, 0.1) is 6.54 Å². The third-order valence-corrected chi connectivity index (χ3v) is 3.03. The zero-order valence-corrected chi connectivity index (χ0v) is 9.39. The van der Waals surface area contributed by atoms with Crippen LogP contribution in [-0.4, -0.2) is 12.2 Å². The lowest BCUT2D eigenvalue weighted by molar-refractivity contribution is 0.274. The minimum Gasteiger partial charge on any atom is -0.453 e. The predicted octanol–water partition coefficient (Wildman–Crippen LogP) is 3.02. The van der Waals surface area contributed by atoms with Crippen molar-refractivity contribution >= 4 is 15.9 Å². The molecule has 0 aliphatic heterocycles. The molecule has 0 saturated heterocycles. The van der Waals surface area contributed by atoms with Crippen LogP contribution in [0.1, 0.15) is 25.0 Å². The van der Waals surface area contributed by atoms with E-state index in [0.29, 0.717) is 13.0 Å².